The Kier molecular flexibility index (Phi) is 4.03. The van der Waals surface area contributed by atoms with Crippen molar-refractivity contribution in [1.82, 2.24) is 9.97 Å². The number of nitrogens with one attached hydrogen (secondary N) is 1. The first-order valence-corrected chi connectivity index (χ1v) is 6.49. The molecule has 1 N–H and O–H groups in total. The normalized spacial score (nSPS) is 12.8. The second-order valence-corrected chi connectivity index (χ2v) is 4.78. The molecule has 2 aromatic rings. The summed E-state index contributed by atoms with van der Waals surface area (Å²) in [6.45, 7) is 4.01. The number of hydrogen-bond acceptors (Lipinski definition) is 2. The first-order valence-electron chi connectivity index (χ1n) is 6.49. The van der Waals surface area contributed by atoms with Gasteiger partial charge in [0.2, 0.25) is 0 Å². The summed E-state index contributed by atoms with van der Waals surface area (Å²) < 4.78 is 14.0. The van der Waals surface area contributed by atoms with Gasteiger partial charge in [-0.1, -0.05) is 32.7 Å². The molecule has 0 saturated carbocycles. The smallest absolute Gasteiger partial charge is 0.270 e. The van der Waals surface area contributed by atoms with Crippen LogP contribution in [0.1, 0.15) is 43.9 Å². The molecule has 2 rings (SSSR count). The van der Waals surface area contributed by atoms with Crippen molar-refractivity contribution in [3.63, 3.8) is 0 Å². The summed E-state index contributed by atoms with van der Waals surface area (Å²) in [5.74, 6) is -0.422. The van der Waals surface area contributed by atoms with Crippen molar-refractivity contribution in [3.05, 3.63) is 39.6 Å². The molecule has 0 fully saturated rings. The maximum atomic E-state index is 14.0. The molecule has 2 radical (unpaired) electrons. The molecule has 5 heteroatoms. The molecule has 1 unspecified atom stereocenters. The number of halogens is 1. The maximum absolute atomic E-state index is 14.0. The molecule has 0 saturated heterocycles. The van der Waals surface area contributed by atoms with Crippen LogP contribution < -0.4 is 5.56 Å². The molecular formula is C14H16BFN2O. The zero-order valence-electron chi connectivity index (χ0n) is 11.2. The minimum absolute atomic E-state index is 0.0652. The van der Waals surface area contributed by atoms with E-state index in [9.17, 15) is 9.18 Å². The summed E-state index contributed by atoms with van der Waals surface area (Å²) in [7, 11) is 5.44. The molecule has 1 heterocycles. The molecule has 98 valence electrons. The van der Waals surface area contributed by atoms with Gasteiger partial charge in [0.15, 0.2) is 5.82 Å². The number of aromatic nitrogens is 2. The van der Waals surface area contributed by atoms with Crippen LogP contribution in [-0.2, 0) is 6.32 Å². The van der Waals surface area contributed by atoms with E-state index < -0.39 is 5.82 Å². The highest BCUT2D eigenvalue weighted by Gasteiger charge is 2.14. The van der Waals surface area contributed by atoms with Crippen molar-refractivity contribution in [2.45, 2.75) is 38.9 Å². The zero-order chi connectivity index (χ0) is 14.0. The maximum Gasteiger partial charge on any atom is 0.270 e. The lowest BCUT2D eigenvalue weighted by atomic mass is 9.96. The number of benzene rings is 1. The number of H-pyrrole nitrogens is 1. The molecule has 3 nitrogen and oxygen atoms in total. The molecule has 0 amide bonds. The van der Waals surface area contributed by atoms with Gasteiger partial charge in [0, 0.05) is 5.92 Å². The van der Waals surface area contributed by atoms with Gasteiger partial charge in [0.1, 0.15) is 11.2 Å². The van der Waals surface area contributed by atoms with Gasteiger partial charge in [0.05, 0.1) is 13.4 Å². The van der Waals surface area contributed by atoms with Crippen molar-refractivity contribution in [3.8, 4) is 0 Å². The van der Waals surface area contributed by atoms with Crippen molar-refractivity contribution >= 4 is 18.9 Å². The van der Waals surface area contributed by atoms with Crippen molar-refractivity contribution in [2.75, 3.05) is 0 Å². The number of fused-ring (bicyclic) bond motifs is 1. The topological polar surface area (TPSA) is 45.8 Å². The monoisotopic (exact) mass is 258 g/mol. The van der Waals surface area contributed by atoms with Gasteiger partial charge in [-0.15, -0.1) is 0 Å². The largest absolute Gasteiger partial charge is 0.317 e. The highest BCUT2D eigenvalue weighted by atomic mass is 19.1. The first kappa shape index (κ1) is 13.8. The van der Waals surface area contributed by atoms with Crippen LogP contribution in [-0.4, -0.2) is 17.8 Å². The van der Waals surface area contributed by atoms with Crippen LogP contribution in [0.5, 0.6) is 0 Å². The van der Waals surface area contributed by atoms with E-state index in [1.807, 2.05) is 6.92 Å². The molecule has 1 aromatic heterocycles. The van der Waals surface area contributed by atoms with Gasteiger partial charge < -0.3 is 4.98 Å². The summed E-state index contributed by atoms with van der Waals surface area (Å²) in [6, 6.07) is 3.30. The molecule has 0 aliphatic heterocycles. The van der Waals surface area contributed by atoms with E-state index in [1.165, 1.54) is 0 Å². The van der Waals surface area contributed by atoms with Crippen molar-refractivity contribution in [1.29, 1.82) is 0 Å². The summed E-state index contributed by atoms with van der Waals surface area (Å²) in [5.41, 5.74) is 1.13. The fourth-order valence-electron chi connectivity index (χ4n) is 2.24. The summed E-state index contributed by atoms with van der Waals surface area (Å²) in [5, 5.41) is 0. The van der Waals surface area contributed by atoms with Crippen LogP contribution in [0.2, 0.25) is 0 Å². The van der Waals surface area contributed by atoms with Crippen LogP contribution in [0.3, 0.4) is 0 Å². The van der Waals surface area contributed by atoms with Crippen LogP contribution in [0.15, 0.2) is 16.9 Å². The molecule has 1 aromatic carbocycles. The van der Waals surface area contributed by atoms with E-state index in [4.69, 9.17) is 7.85 Å². The second kappa shape index (κ2) is 5.55. The van der Waals surface area contributed by atoms with Crippen LogP contribution in [0, 0.1) is 5.82 Å². The Bertz CT molecular complexity index is 654. The summed E-state index contributed by atoms with van der Waals surface area (Å²) >= 11 is 0. The zero-order valence-corrected chi connectivity index (χ0v) is 11.2. The van der Waals surface area contributed by atoms with E-state index in [0.29, 0.717) is 16.8 Å². The molecule has 0 aliphatic carbocycles. The van der Waals surface area contributed by atoms with Gasteiger partial charge in [-0.2, -0.15) is 0 Å². The minimum atomic E-state index is -0.487. The Morgan fingerprint density at radius 3 is 2.84 bits per heavy atom. The predicted molar refractivity (Wildman–Crippen MR) is 75.1 cm³/mol. The summed E-state index contributed by atoms with van der Waals surface area (Å²) in [6.07, 6.45) is 1.95. The van der Waals surface area contributed by atoms with E-state index in [1.54, 1.807) is 12.1 Å². The minimum Gasteiger partial charge on any atom is -0.317 e. The molecule has 0 aliphatic rings. The number of aromatic amines is 1. The van der Waals surface area contributed by atoms with E-state index in [0.717, 1.165) is 12.8 Å². The van der Waals surface area contributed by atoms with Crippen molar-refractivity contribution < 1.29 is 4.39 Å². The second-order valence-electron chi connectivity index (χ2n) is 4.78. The van der Waals surface area contributed by atoms with E-state index >= 15 is 0 Å². The number of nitrogens with zero attached hydrogens (tertiary/aromatic N) is 1. The van der Waals surface area contributed by atoms with Gasteiger partial charge in [-0.05, 0) is 18.1 Å². The predicted octanol–water partition coefficient (Wildman–Crippen LogP) is 2.63. The lowest BCUT2D eigenvalue weighted by Gasteiger charge is -2.10. The lowest BCUT2D eigenvalue weighted by molar-refractivity contribution is 0.620. The van der Waals surface area contributed by atoms with E-state index in [2.05, 4.69) is 16.9 Å². The lowest BCUT2D eigenvalue weighted by Crippen LogP contribution is -2.18. The van der Waals surface area contributed by atoms with Gasteiger partial charge in [-0.25, -0.2) is 9.37 Å². The highest BCUT2D eigenvalue weighted by Crippen LogP contribution is 2.20. The number of rotatable bonds is 4. The first-order chi connectivity index (χ1) is 9.08. The Balaban J connectivity index is 2.62. The van der Waals surface area contributed by atoms with Gasteiger partial charge >= 0.3 is 0 Å². The molecule has 19 heavy (non-hydrogen) atoms. The fourth-order valence-corrected chi connectivity index (χ4v) is 2.24. The average molecular weight is 258 g/mol. The van der Waals surface area contributed by atoms with Crippen LogP contribution >= 0.6 is 0 Å². The Labute approximate surface area is 112 Å². The van der Waals surface area contributed by atoms with Gasteiger partial charge in [0.25, 0.3) is 5.56 Å². The SMILES string of the molecule is [B]Cc1ccc2nc(C(C)CCC)c(=O)[nH]c2c1F. The average Bonchev–Trinajstić information content (AvgIpc) is 2.39. The Morgan fingerprint density at radius 2 is 2.21 bits per heavy atom. The molecular weight excluding hydrogens is 242 g/mol. The Hall–Kier alpha value is -1.65. The number of hydrogen-bond donors (Lipinski definition) is 1. The third-order valence-corrected chi connectivity index (χ3v) is 3.32. The third kappa shape index (κ3) is 2.55. The quantitative estimate of drug-likeness (QED) is 0.857. The van der Waals surface area contributed by atoms with Crippen molar-refractivity contribution in [2.24, 2.45) is 0 Å². The molecule has 0 spiro atoms. The molecule has 1 atom stereocenters. The summed E-state index contributed by atoms with van der Waals surface area (Å²) in [4.78, 5) is 18.9. The van der Waals surface area contributed by atoms with Crippen LogP contribution in [0.4, 0.5) is 4.39 Å². The Morgan fingerprint density at radius 1 is 1.47 bits per heavy atom. The van der Waals surface area contributed by atoms with E-state index in [-0.39, 0.29) is 23.3 Å². The van der Waals surface area contributed by atoms with Gasteiger partial charge in [-0.3, -0.25) is 4.79 Å². The molecule has 0 bridgehead atoms. The fraction of sp³-hybridized carbons (Fsp3) is 0.429. The standard InChI is InChI=1S/C14H16BFN2O/c1-3-4-8(2)12-14(19)18-13-10(17-12)6-5-9(7-15)11(13)16/h5-6,8H,3-4,7H2,1-2H3,(H,18,19). The highest BCUT2D eigenvalue weighted by molar-refractivity contribution is 6.08. The third-order valence-electron chi connectivity index (χ3n) is 3.32. The van der Waals surface area contributed by atoms with Crippen LogP contribution in [0.25, 0.3) is 11.0 Å².